The van der Waals surface area contributed by atoms with E-state index < -0.39 is 0 Å². The number of rotatable bonds is 6. The monoisotopic (exact) mass is 257 g/mol. The standard InChI is InChI=1S/C12H16ClNOS/c1-3-4-12(15)9(2)14-16-11-7-5-10(13)6-8-11/h5-9,14H,3-4H2,1-2H3. The Kier molecular flexibility index (Phi) is 5.88. The molecule has 0 heterocycles. The molecule has 1 unspecified atom stereocenters. The highest BCUT2D eigenvalue weighted by atomic mass is 35.5. The fourth-order valence-corrected chi connectivity index (χ4v) is 2.03. The summed E-state index contributed by atoms with van der Waals surface area (Å²) in [5.74, 6) is 0.254. The summed E-state index contributed by atoms with van der Waals surface area (Å²) in [7, 11) is 0. The molecule has 0 bridgehead atoms. The minimum atomic E-state index is -0.111. The predicted octanol–water partition coefficient (Wildman–Crippen LogP) is 3.69. The van der Waals surface area contributed by atoms with Crippen LogP contribution in [-0.2, 0) is 4.79 Å². The molecule has 0 aliphatic rings. The Morgan fingerprint density at radius 1 is 1.44 bits per heavy atom. The summed E-state index contributed by atoms with van der Waals surface area (Å²) in [6.45, 7) is 3.90. The molecule has 1 N–H and O–H groups in total. The van der Waals surface area contributed by atoms with Crippen molar-refractivity contribution >= 4 is 29.3 Å². The van der Waals surface area contributed by atoms with Crippen LogP contribution in [0, 0.1) is 0 Å². The summed E-state index contributed by atoms with van der Waals surface area (Å²) in [6, 6.07) is 7.42. The highest BCUT2D eigenvalue weighted by Crippen LogP contribution is 2.18. The normalized spacial score (nSPS) is 12.4. The van der Waals surface area contributed by atoms with Crippen LogP contribution in [-0.4, -0.2) is 11.8 Å². The molecule has 4 heteroatoms. The molecule has 1 atom stereocenters. The SMILES string of the molecule is CCCC(=O)C(C)NSc1ccc(Cl)cc1. The molecule has 88 valence electrons. The summed E-state index contributed by atoms with van der Waals surface area (Å²) in [5.41, 5.74) is 0. The van der Waals surface area contributed by atoms with E-state index in [2.05, 4.69) is 4.72 Å². The molecule has 2 nitrogen and oxygen atoms in total. The zero-order valence-electron chi connectivity index (χ0n) is 9.50. The predicted molar refractivity (Wildman–Crippen MR) is 69.8 cm³/mol. The minimum Gasteiger partial charge on any atom is -0.298 e. The topological polar surface area (TPSA) is 29.1 Å². The Hall–Kier alpha value is -0.510. The first-order chi connectivity index (χ1) is 7.63. The quantitative estimate of drug-likeness (QED) is 0.788. The maximum absolute atomic E-state index is 11.5. The van der Waals surface area contributed by atoms with E-state index in [-0.39, 0.29) is 11.8 Å². The maximum atomic E-state index is 11.5. The van der Waals surface area contributed by atoms with Crippen LogP contribution in [0.4, 0.5) is 0 Å². The summed E-state index contributed by atoms with van der Waals surface area (Å²) < 4.78 is 3.13. The van der Waals surface area contributed by atoms with Crippen molar-refractivity contribution in [1.82, 2.24) is 4.72 Å². The van der Waals surface area contributed by atoms with Gasteiger partial charge in [0, 0.05) is 16.3 Å². The van der Waals surface area contributed by atoms with Gasteiger partial charge in [-0.1, -0.05) is 18.5 Å². The van der Waals surface area contributed by atoms with Crippen LogP contribution in [0.1, 0.15) is 26.7 Å². The molecular weight excluding hydrogens is 242 g/mol. The van der Waals surface area contributed by atoms with Crippen LogP contribution in [0.5, 0.6) is 0 Å². The molecule has 0 spiro atoms. The number of hydrogen-bond donors (Lipinski definition) is 1. The first kappa shape index (κ1) is 13.6. The van der Waals surface area contributed by atoms with Crippen molar-refractivity contribution in [3.63, 3.8) is 0 Å². The molecule has 1 aromatic carbocycles. The highest BCUT2D eigenvalue weighted by molar-refractivity contribution is 7.97. The minimum absolute atomic E-state index is 0.111. The van der Waals surface area contributed by atoms with Crippen LogP contribution in [0.25, 0.3) is 0 Å². The van der Waals surface area contributed by atoms with Crippen LogP contribution in [0.3, 0.4) is 0 Å². The van der Waals surface area contributed by atoms with E-state index >= 15 is 0 Å². The number of ketones is 1. The molecule has 1 rings (SSSR count). The molecule has 0 fully saturated rings. The van der Waals surface area contributed by atoms with Crippen molar-refractivity contribution in [2.75, 3.05) is 0 Å². The van der Waals surface area contributed by atoms with Crippen LogP contribution >= 0.6 is 23.5 Å². The Bertz CT molecular complexity index is 339. The van der Waals surface area contributed by atoms with E-state index in [0.29, 0.717) is 6.42 Å². The third-order valence-corrected chi connectivity index (χ3v) is 3.38. The fourth-order valence-electron chi connectivity index (χ4n) is 1.19. The molecule has 16 heavy (non-hydrogen) atoms. The number of halogens is 1. The molecule has 1 aromatic rings. The van der Waals surface area contributed by atoms with Gasteiger partial charge < -0.3 is 0 Å². The van der Waals surface area contributed by atoms with Gasteiger partial charge in [-0.15, -0.1) is 0 Å². The summed E-state index contributed by atoms with van der Waals surface area (Å²) >= 11 is 7.24. The van der Waals surface area contributed by atoms with Crippen LogP contribution < -0.4 is 4.72 Å². The van der Waals surface area contributed by atoms with E-state index in [9.17, 15) is 4.79 Å². The number of carbonyl (C=O) groups excluding carboxylic acids is 1. The lowest BCUT2D eigenvalue weighted by molar-refractivity contribution is -0.120. The van der Waals surface area contributed by atoms with E-state index in [1.807, 2.05) is 38.1 Å². The molecule has 0 aliphatic carbocycles. The van der Waals surface area contributed by atoms with E-state index in [0.717, 1.165) is 16.3 Å². The smallest absolute Gasteiger partial charge is 0.150 e. The molecule has 0 saturated carbocycles. The van der Waals surface area contributed by atoms with Crippen molar-refractivity contribution in [3.05, 3.63) is 29.3 Å². The highest BCUT2D eigenvalue weighted by Gasteiger charge is 2.10. The van der Waals surface area contributed by atoms with Gasteiger partial charge in [-0.3, -0.25) is 4.79 Å². The van der Waals surface area contributed by atoms with E-state index in [4.69, 9.17) is 11.6 Å². The van der Waals surface area contributed by atoms with Gasteiger partial charge in [0.25, 0.3) is 0 Å². The van der Waals surface area contributed by atoms with Gasteiger partial charge in [0.2, 0.25) is 0 Å². The van der Waals surface area contributed by atoms with E-state index in [1.165, 1.54) is 11.9 Å². The maximum Gasteiger partial charge on any atom is 0.150 e. The lowest BCUT2D eigenvalue weighted by Gasteiger charge is -2.11. The largest absolute Gasteiger partial charge is 0.298 e. The second-order valence-electron chi connectivity index (χ2n) is 3.61. The van der Waals surface area contributed by atoms with Crippen LogP contribution in [0.15, 0.2) is 29.2 Å². The van der Waals surface area contributed by atoms with E-state index in [1.54, 1.807) is 0 Å². The number of nitrogens with one attached hydrogen (secondary N) is 1. The number of Topliss-reactive ketones (excluding diaryl/α,β-unsaturated/α-hetero) is 1. The van der Waals surface area contributed by atoms with Crippen molar-refractivity contribution in [2.24, 2.45) is 0 Å². The fraction of sp³-hybridized carbons (Fsp3) is 0.417. The van der Waals surface area contributed by atoms with Gasteiger partial charge >= 0.3 is 0 Å². The average Bonchev–Trinajstić information content (AvgIpc) is 2.28. The van der Waals surface area contributed by atoms with Gasteiger partial charge in [-0.05, 0) is 49.6 Å². The second-order valence-corrected chi connectivity index (χ2v) is 4.96. The zero-order chi connectivity index (χ0) is 12.0. The molecule has 0 radical (unpaired) electrons. The van der Waals surface area contributed by atoms with Gasteiger partial charge in [-0.2, -0.15) is 0 Å². The van der Waals surface area contributed by atoms with Gasteiger partial charge in [0.05, 0.1) is 6.04 Å². The van der Waals surface area contributed by atoms with Crippen molar-refractivity contribution in [1.29, 1.82) is 0 Å². The molecule has 0 saturated heterocycles. The third kappa shape index (κ3) is 4.56. The number of carbonyl (C=O) groups is 1. The van der Waals surface area contributed by atoms with Crippen molar-refractivity contribution in [3.8, 4) is 0 Å². The molecular formula is C12H16ClNOS. The molecule has 0 aromatic heterocycles. The average molecular weight is 258 g/mol. The zero-order valence-corrected chi connectivity index (χ0v) is 11.1. The summed E-state index contributed by atoms with van der Waals surface area (Å²) in [5, 5.41) is 0.722. The van der Waals surface area contributed by atoms with Crippen LogP contribution in [0.2, 0.25) is 5.02 Å². The Labute approximate surface area is 106 Å². The Morgan fingerprint density at radius 2 is 2.06 bits per heavy atom. The summed E-state index contributed by atoms with van der Waals surface area (Å²) in [4.78, 5) is 12.6. The first-order valence-electron chi connectivity index (χ1n) is 5.34. The van der Waals surface area contributed by atoms with Crippen molar-refractivity contribution < 1.29 is 4.79 Å². The first-order valence-corrected chi connectivity index (χ1v) is 6.53. The number of hydrogen-bond acceptors (Lipinski definition) is 3. The molecule has 0 amide bonds. The Morgan fingerprint density at radius 3 is 2.62 bits per heavy atom. The second kappa shape index (κ2) is 6.94. The number of benzene rings is 1. The van der Waals surface area contributed by atoms with Gasteiger partial charge in [0.1, 0.15) is 5.78 Å². The lowest BCUT2D eigenvalue weighted by atomic mass is 10.1. The van der Waals surface area contributed by atoms with Gasteiger partial charge in [0.15, 0.2) is 0 Å². The van der Waals surface area contributed by atoms with Gasteiger partial charge in [-0.25, -0.2) is 4.72 Å². The summed E-state index contributed by atoms with van der Waals surface area (Å²) in [6.07, 6.45) is 1.53. The lowest BCUT2D eigenvalue weighted by Crippen LogP contribution is -2.28. The van der Waals surface area contributed by atoms with Crippen molar-refractivity contribution in [2.45, 2.75) is 37.6 Å². The Balaban J connectivity index is 2.39. The third-order valence-electron chi connectivity index (χ3n) is 2.15. The molecule has 0 aliphatic heterocycles.